The Balaban J connectivity index is 1.56. The van der Waals surface area contributed by atoms with Gasteiger partial charge in [0.15, 0.2) is 0 Å². The Hall–Kier alpha value is -0.120. The molecule has 2 aliphatic rings. The molecule has 1 unspecified atom stereocenters. The fourth-order valence-electron chi connectivity index (χ4n) is 2.90. The van der Waals surface area contributed by atoms with Crippen LogP contribution in [0.5, 0.6) is 0 Å². The number of aliphatic hydroxyl groups is 1. The molecule has 0 bridgehead atoms. The first-order chi connectivity index (χ1) is 8.24. The van der Waals surface area contributed by atoms with Crippen LogP contribution < -0.4 is 5.32 Å². The van der Waals surface area contributed by atoms with E-state index in [4.69, 9.17) is 0 Å². The maximum absolute atomic E-state index is 9.92. The summed E-state index contributed by atoms with van der Waals surface area (Å²) in [6.07, 6.45) is 9.41. The maximum atomic E-state index is 9.92. The average molecular weight is 240 g/mol. The highest BCUT2D eigenvalue weighted by atomic mass is 16.3. The summed E-state index contributed by atoms with van der Waals surface area (Å²) in [5.74, 6) is 0.873. The average Bonchev–Trinajstić information content (AvgIpc) is 3.11. The molecule has 2 saturated carbocycles. The van der Waals surface area contributed by atoms with Crippen LogP contribution in [0.2, 0.25) is 0 Å². The molecule has 0 aliphatic heterocycles. The molecule has 0 heterocycles. The highest BCUT2D eigenvalue weighted by molar-refractivity contribution is 4.82. The van der Waals surface area contributed by atoms with Gasteiger partial charge in [-0.1, -0.05) is 19.3 Å². The Morgan fingerprint density at radius 2 is 1.88 bits per heavy atom. The summed E-state index contributed by atoms with van der Waals surface area (Å²) in [4.78, 5) is 2.31. The van der Waals surface area contributed by atoms with Crippen molar-refractivity contribution in [2.75, 3.05) is 26.7 Å². The molecule has 0 aromatic heterocycles. The Kier molecular flexibility index (Phi) is 5.26. The van der Waals surface area contributed by atoms with E-state index in [-0.39, 0.29) is 6.10 Å². The number of hydrogen-bond acceptors (Lipinski definition) is 3. The highest BCUT2D eigenvalue weighted by Gasteiger charge is 2.22. The zero-order valence-electron chi connectivity index (χ0n) is 11.2. The largest absolute Gasteiger partial charge is 0.390 e. The number of hydrogen-bond donors (Lipinski definition) is 2. The Morgan fingerprint density at radius 1 is 1.18 bits per heavy atom. The number of aliphatic hydroxyl groups excluding tert-OH is 1. The smallest absolute Gasteiger partial charge is 0.0791 e. The lowest BCUT2D eigenvalue weighted by atomic mass is 9.89. The molecule has 100 valence electrons. The summed E-state index contributed by atoms with van der Waals surface area (Å²) >= 11 is 0. The predicted molar refractivity (Wildman–Crippen MR) is 71.1 cm³/mol. The monoisotopic (exact) mass is 240 g/mol. The van der Waals surface area contributed by atoms with E-state index in [0.717, 1.165) is 19.0 Å². The third kappa shape index (κ3) is 5.36. The minimum Gasteiger partial charge on any atom is -0.390 e. The summed E-state index contributed by atoms with van der Waals surface area (Å²) in [5.41, 5.74) is 0. The molecule has 17 heavy (non-hydrogen) atoms. The topological polar surface area (TPSA) is 35.5 Å². The van der Waals surface area contributed by atoms with E-state index in [9.17, 15) is 5.11 Å². The summed E-state index contributed by atoms with van der Waals surface area (Å²) in [6.45, 7) is 2.75. The number of nitrogens with one attached hydrogen (secondary N) is 1. The molecule has 3 heteroatoms. The van der Waals surface area contributed by atoms with Crippen LogP contribution in [0.3, 0.4) is 0 Å². The SMILES string of the molecule is CN(CC(O)CNC1CC1)CC1CCCCC1. The molecule has 2 fully saturated rings. The van der Waals surface area contributed by atoms with Gasteiger partial charge in [0, 0.05) is 25.7 Å². The van der Waals surface area contributed by atoms with Crippen molar-refractivity contribution in [2.24, 2.45) is 5.92 Å². The zero-order chi connectivity index (χ0) is 12.1. The molecule has 0 saturated heterocycles. The molecule has 0 radical (unpaired) electrons. The molecular formula is C14H28N2O. The first-order valence-corrected chi connectivity index (χ1v) is 7.34. The summed E-state index contributed by atoms with van der Waals surface area (Å²) in [5, 5.41) is 13.3. The van der Waals surface area contributed by atoms with E-state index in [1.807, 2.05) is 0 Å². The van der Waals surface area contributed by atoms with Crippen molar-refractivity contribution >= 4 is 0 Å². The third-order valence-electron chi connectivity index (χ3n) is 4.04. The second kappa shape index (κ2) is 6.72. The molecule has 0 amide bonds. The normalized spacial score (nSPS) is 24.2. The minimum atomic E-state index is -0.204. The van der Waals surface area contributed by atoms with E-state index in [0.29, 0.717) is 6.04 Å². The molecule has 3 nitrogen and oxygen atoms in total. The van der Waals surface area contributed by atoms with Crippen LogP contribution in [0.4, 0.5) is 0 Å². The molecule has 0 aromatic rings. The molecule has 2 rings (SSSR count). The lowest BCUT2D eigenvalue weighted by Crippen LogP contribution is -2.39. The molecule has 1 atom stereocenters. The van der Waals surface area contributed by atoms with Crippen LogP contribution in [0, 0.1) is 5.92 Å². The molecule has 2 N–H and O–H groups in total. The van der Waals surface area contributed by atoms with E-state index in [1.54, 1.807) is 0 Å². The Bertz CT molecular complexity index is 212. The fourth-order valence-corrected chi connectivity index (χ4v) is 2.90. The van der Waals surface area contributed by atoms with Gasteiger partial charge in [0.25, 0.3) is 0 Å². The number of likely N-dealkylation sites (N-methyl/N-ethyl adjacent to an activating group) is 1. The van der Waals surface area contributed by atoms with Crippen molar-refractivity contribution < 1.29 is 5.11 Å². The van der Waals surface area contributed by atoms with Crippen LogP contribution >= 0.6 is 0 Å². The van der Waals surface area contributed by atoms with E-state index >= 15 is 0 Å². The van der Waals surface area contributed by atoms with Gasteiger partial charge < -0.3 is 15.3 Å². The second-order valence-electron chi connectivity index (χ2n) is 6.06. The van der Waals surface area contributed by atoms with Gasteiger partial charge in [-0.15, -0.1) is 0 Å². The van der Waals surface area contributed by atoms with Crippen molar-refractivity contribution in [1.29, 1.82) is 0 Å². The minimum absolute atomic E-state index is 0.204. The molecule has 2 aliphatic carbocycles. The summed E-state index contributed by atoms with van der Waals surface area (Å²) in [7, 11) is 2.15. The molecule has 0 spiro atoms. The van der Waals surface area contributed by atoms with Crippen molar-refractivity contribution in [3.8, 4) is 0 Å². The van der Waals surface area contributed by atoms with Gasteiger partial charge in [-0.05, 0) is 38.6 Å². The number of nitrogens with zero attached hydrogens (tertiary/aromatic N) is 1. The lowest BCUT2D eigenvalue weighted by Gasteiger charge is -2.28. The van der Waals surface area contributed by atoms with Crippen LogP contribution in [-0.4, -0.2) is 48.8 Å². The quantitative estimate of drug-likeness (QED) is 0.710. The molecule has 0 aromatic carbocycles. The van der Waals surface area contributed by atoms with E-state index in [2.05, 4.69) is 17.3 Å². The van der Waals surface area contributed by atoms with Gasteiger partial charge in [0.05, 0.1) is 6.10 Å². The fraction of sp³-hybridized carbons (Fsp3) is 1.00. The van der Waals surface area contributed by atoms with Crippen molar-refractivity contribution in [1.82, 2.24) is 10.2 Å². The summed E-state index contributed by atoms with van der Waals surface area (Å²) < 4.78 is 0. The van der Waals surface area contributed by atoms with Crippen LogP contribution in [0.1, 0.15) is 44.9 Å². The van der Waals surface area contributed by atoms with E-state index in [1.165, 1.54) is 51.5 Å². The van der Waals surface area contributed by atoms with E-state index < -0.39 is 0 Å². The van der Waals surface area contributed by atoms with Gasteiger partial charge in [-0.3, -0.25) is 0 Å². The Labute approximate surface area is 106 Å². The van der Waals surface area contributed by atoms with Gasteiger partial charge in [0.1, 0.15) is 0 Å². The summed E-state index contributed by atoms with van der Waals surface area (Å²) in [6, 6.07) is 0.702. The first kappa shape index (κ1) is 13.3. The molecular weight excluding hydrogens is 212 g/mol. The van der Waals surface area contributed by atoms with Crippen molar-refractivity contribution in [3.63, 3.8) is 0 Å². The van der Waals surface area contributed by atoms with Gasteiger partial charge in [-0.2, -0.15) is 0 Å². The Morgan fingerprint density at radius 3 is 2.53 bits per heavy atom. The van der Waals surface area contributed by atoms with Crippen LogP contribution in [-0.2, 0) is 0 Å². The first-order valence-electron chi connectivity index (χ1n) is 7.34. The third-order valence-corrected chi connectivity index (χ3v) is 4.04. The highest BCUT2D eigenvalue weighted by Crippen LogP contribution is 2.24. The lowest BCUT2D eigenvalue weighted by molar-refractivity contribution is 0.111. The zero-order valence-corrected chi connectivity index (χ0v) is 11.2. The maximum Gasteiger partial charge on any atom is 0.0791 e. The van der Waals surface area contributed by atoms with Crippen LogP contribution in [0.15, 0.2) is 0 Å². The predicted octanol–water partition coefficient (Wildman–Crippen LogP) is 1.61. The van der Waals surface area contributed by atoms with Crippen molar-refractivity contribution in [2.45, 2.75) is 57.1 Å². The van der Waals surface area contributed by atoms with Crippen LogP contribution in [0.25, 0.3) is 0 Å². The van der Waals surface area contributed by atoms with Gasteiger partial charge in [-0.25, -0.2) is 0 Å². The van der Waals surface area contributed by atoms with Gasteiger partial charge >= 0.3 is 0 Å². The van der Waals surface area contributed by atoms with Crippen molar-refractivity contribution in [3.05, 3.63) is 0 Å². The number of rotatable bonds is 7. The standard InChI is InChI=1S/C14H28N2O/c1-16(10-12-5-3-2-4-6-12)11-14(17)9-15-13-7-8-13/h12-15,17H,2-11H2,1H3. The van der Waals surface area contributed by atoms with Gasteiger partial charge in [0.2, 0.25) is 0 Å². The second-order valence-corrected chi connectivity index (χ2v) is 6.06.